The molecule has 0 aromatic heterocycles. The molecule has 0 saturated heterocycles. The summed E-state index contributed by atoms with van der Waals surface area (Å²) in [6.45, 7) is 1.75. The Morgan fingerprint density at radius 3 is 2.78 bits per heavy atom. The molecule has 0 aliphatic carbocycles. The van der Waals surface area contributed by atoms with Gasteiger partial charge in [0.05, 0.1) is 6.42 Å². The predicted octanol–water partition coefficient (Wildman–Crippen LogP) is 0.703. The van der Waals surface area contributed by atoms with Crippen LogP contribution >= 0.6 is 11.6 Å². The highest BCUT2D eigenvalue weighted by molar-refractivity contribution is 6.21. The van der Waals surface area contributed by atoms with Gasteiger partial charge in [-0.1, -0.05) is 0 Å². The van der Waals surface area contributed by atoms with Gasteiger partial charge in [-0.2, -0.15) is 0 Å². The van der Waals surface area contributed by atoms with Crippen LogP contribution in [0.3, 0.4) is 0 Å². The number of alkyl halides is 1. The second kappa shape index (κ2) is 4.32. The van der Waals surface area contributed by atoms with Crippen LogP contribution in [0.5, 0.6) is 0 Å². The summed E-state index contributed by atoms with van der Waals surface area (Å²) in [7, 11) is 0. The molecule has 9 heavy (non-hydrogen) atoms. The van der Waals surface area contributed by atoms with Crippen LogP contribution in [0.25, 0.3) is 0 Å². The maximum absolute atomic E-state index is 10.3. The normalized spacial score (nSPS) is 12.2. The van der Waals surface area contributed by atoms with Crippen LogP contribution in [0.4, 0.5) is 0 Å². The molecule has 0 aromatic carbocycles. The van der Waals surface area contributed by atoms with E-state index in [9.17, 15) is 9.59 Å². The van der Waals surface area contributed by atoms with Crippen molar-refractivity contribution in [2.75, 3.05) is 0 Å². The molecule has 0 fully saturated rings. The molecule has 4 heteroatoms. The third kappa shape index (κ3) is 5.30. The zero-order chi connectivity index (χ0) is 7.28. The van der Waals surface area contributed by atoms with Gasteiger partial charge in [0.25, 0.3) is 0 Å². The van der Waals surface area contributed by atoms with E-state index in [2.05, 4.69) is 4.74 Å². The van der Waals surface area contributed by atoms with E-state index >= 15 is 0 Å². The molecule has 3 nitrogen and oxygen atoms in total. The van der Waals surface area contributed by atoms with E-state index in [0.29, 0.717) is 0 Å². The number of hydrogen-bond acceptors (Lipinski definition) is 3. The van der Waals surface area contributed by atoms with Gasteiger partial charge in [-0.3, -0.25) is 9.59 Å². The highest BCUT2D eigenvalue weighted by Crippen LogP contribution is 1.99. The van der Waals surface area contributed by atoms with Gasteiger partial charge < -0.3 is 4.74 Å². The number of carbonyl (C=O) groups excluding carboxylic acids is 2. The number of esters is 1. The second-order valence-corrected chi connectivity index (χ2v) is 2.32. The zero-order valence-corrected chi connectivity index (χ0v) is 5.72. The van der Waals surface area contributed by atoms with Crippen molar-refractivity contribution in [1.82, 2.24) is 0 Å². The van der Waals surface area contributed by atoms with Crippen molar-refractivity contribution in [2.45, 2.75) is 18.7 Å². The summed E-state index contributed by atoms with van der Waals surface area (Å²) >= 11 is 5.39. The molecular weight excluding hydrogens is 144 g/mol. The SMILES string of the molecule is CC(Cl)CC(=O)OC=O. The van der Waals surface area contributed by atoms with Gasteiger partial charge in [0.1, 0.15) is 0 Å². The second-order valence-electron chi connectivity index (χ2n) is 1.57. The fraction of sp³-hybridized carbons (Fsp3) is 0.600. The highest BCUT2D eigenvalue weighted by atomic mass is 35.5. The summed E-state index contributed by atoms with van der Waals surface area (Å²) in [6.07, 6.45) is 0.0697. The Morgan fingerprint density at radius 1 is 1.89 bits per heavy atom. The molecule has 0 heterocycles. The molecular formula is C5H7ClO3. The Bertz CT molecular complexity index is 111. The van der Waals surface area contributed by atoms with Crippen molar-refractivity contribution < 1.29 is 14.3 Å². The zero-order valence-electron chi connectivity index (χ0n) is 4.96. The fourth-order valence-electron chi connectivity index (χ4n) is 0.331. The molecule has 0 aliphatic rings. The third-order valence-corrected chi connectivity index (χ3v) is 0.782. The van der Waals surface area contributed by atoms with Crippen LogP contribution in [0.1, 0.15) is 13.3 Å². The van der Waals surface area contributed by atoms with Gasteiger partial charge >= 0.3 is 12.4 Å². The van der Waals surface area contributed by atoms with Crippen LogP contribution < -0.4 is 0 Å². The first kappa shape index (κ1) is 8.43. The summed E-state index contributed by atoms with van der Waals surface area (Å²) < 4.78 is 3.95. The summed E-state index contributed by atoms with van der Waals surface area (Å²) in [6, 6.07) is 0. The molecule has 0 rings (SSSR count). The van der Waals surface area contributed by atoms with E-state index in [0.717, 1.165) is 0 Å². The fourth-order valence-corrected chi connectivity index (χ4v) is 0.457. The van der Waals surface area contributed by atoms with Crippen LogP contribution in [0, 0.1) is 0 Å². The molecule has 1 unspecified atom stereocenters. The van der Waals surface area contributed by atoms with Gasteiger partial charge in [-0.25, -0.2) is 0 Å². The Balaban J connectivity index is 3.38. The van der Waals surface area contributed by atoms with Crippen molar-refractivity contribution in [1.29, 1.82) is 0 Å². The molecule has 0 saturated carbocycles. The number of halogens is 1. The monoisotopic (exact) mass is 150 g/mol. The Morgan fingerprint density at radius 2 is 2.44 bits per heavy atom. The molecule has 0 radical (unpaired) electrons. The lowest BCUT2D eigenvalue weighted by molar-refractivity contribution is -0.151. The lowest BCUT2D eigenvalue weighted by atomic mass is 10.3. The van der Waals surface area contributed by atoms with E-state index in [4.69, 9.17) is 11.6 Å². The molecule has 0 bridgehead atoms. The van der Waals surface area contributed by atoms with Crippen molar-refractivity contribution in [2.24, 2.45) is 0 Å². The molecule has 0 amide bonds. The van der Waals surface area contributed by atoms with E-state index in [-0.39, 0.29) is 18.3 Å². The molecule has 1 atom stereocenters. The molecule has 52 valence electrons. The third-order valence-electron chi connectivity index (χ3n) is 0.628. The van der Waals surface area contributed by atoms with E-state index in [1.54, 1.807) is 6.92 Å². The summed E-state index contributed by atoms with van der Waals surface area (Å²) in [5.41, 5.74) is 0. The van der Waals surface area contributed by atoms with Crippen LogP contribution in [-0.2, 0) is 14.3 Å². The highest BCUT2D eigenvalue weighted by Gasteiger charge is 2.05. The molecule has 0 N–H and O–H groups in total. The van der Waals surface area contributed by atoms with E-state index in [1.807, 2.05) is 0 Å². The lowest BCUT2D eigenvalue weighted by Crippen LogP contribution is -2.07. The largest absolute Gasteiger partial charge is 0.395 e. The van der Waals surface area contributed by atoms with Gasteiger partial charge in [0, 0.05) is 5.38 Å². The van der Waals surface area contributed by atoms with Crippen LogP contribution in [0.2, 0.25) is 0 Å². The molecule has 0 aromatic rings. The standard InChI is InChI=1S/C5H7ClO3/c1-4(6)2-5(8)9-3-7/h3-4H,2H2,1H3. The average Bonchev–Trinajstić information content (AvgIpc) is 1.63. The van der Waals surface area contributed by atoms with Gasteiger partial charge in [-0.15, -0.1) is 11.6 Å². The first-order chi connectivity index (χ1) is 4.16. The quantitative estimate of drug-likeness (QED) is 0.258. The first-order valence-corrected chi connectivity index (χ1v) is 2.87. The predicted molar refractivity (Wildman–Crippen MR) is 32.1 cm³/mol. The van der Waals surface area contributed by atoms with Gasteiger partial charge in [0.15, 0.2) is 0 Å². The van der Waals surface area contributed by atoms with E-state index < -0.39 is 5.97 Å². The maximum Gasteiger partial charge on any atom is 0.314 e. The lowest BCUT2D eigenvalue weighted by Gasteiger charge is -1.96. The van der Waals surface area contributed by atoms with Crippen molar-refractivity contribution in [3.63, 3.8) is 0 Å². The van der Waals surface area contributed by atoms with Gasteiger partial charge in [0.2, 0.25) is 0 Å². The summed E-state index contributed by atoms with van der Waals surface area (Å²) in [4.78, 5) is 19.8. The Hall–Kier alpha value is -0.570. The first-order valence-electron chi connectivity index (χ1n) is 2.44. The van der Waals surface area contributed by atoms with Crippen LogP contribution in [-0.4, -0.2) is 17.8 Å². The summed E-state index contributed by atoms with van der Waals surface area (Å²) in [5.74, 6) is -0.590. The van der Waals surface area contributed by atoms with E-state index in [1.165, 1.54) is 0 Å². The topological polar surface area (TPSA) is 43.4 Å². The number of ether oxygens (including phenoxy) is 1. The minimum absolute atomic E-state index is 0.0697. The van der Waals surface area contributed by atoms with Crippen molar-refractivity contribution >= 4 is 24.0 Å². The number of rotatable bonds is 3. The minimum Gasteiger partial charge on any atom is -0.395 e. The molecule has 0 aliphatic heterocycles. The van der Waals surface area contributed by atoms with Gasteiger partial charge in [-0.05, 0) is 6.92 Å². The Kier molecular flexibility index (Phi) is 4.05. The average molecular weight is 151 g/mol. The smallest absolute Gasteiger partial charge is 0.314 e. The van der Waals surface area contributed by atoms with Crippen LogP contribution in [0.15, 0.2) is 0 Å². The minimum atomic E-state index is -0.590. The maximum atomic E-state index is 10.3. The number of hydrogen-bond donors (Lipinski definition) is 0. The van der Waals surface area contributed by atoms with Crippen molar-refractivity contribution in [3.05, 3.63) is 0 Å². The Labute approximate surface area is 57.9 Å². The van der Waals surface area contributed by atoms with Crippen molar-refractivity contribution in [3.8, 4) is 0 Å². The molecule has 0 spiro atoms. The summed E-state index contributed by atoms with van der Waals surface area (Å²) in [5, 5.41) is -0.280. The number of carbonyl (C=O) groups is 2.